The molecule has 1 aliphatic carbocycles. The fourth-order valence-corrected chi connectivity index (χ4v) is 3.75. The van der Waals surface area contributed by atoms with Gasteiger partial charge in [-0.15, -0.1) is 0 Å². The van der Waals surface area contributed by atoms with Crippen molar-refractivity contribution in [1.29, 1.82) is 0 Å². The second-order valence-electron chi connectivity index (χ2n) is 6.87. The molecule has 0 aromatic carbocycles. The Kier molecular flexibility index (Phi) is 5.43. The van der Waals surface area contributed by atoms with Gasteiger partial charge in [0.25, 0.3) is 0 Å². The fourth-order valence-electron chi connectivity index (χ4n) is 3.75. The monoisotopic (exact) mass is 270 g/mol. The van der Waals surface area contributed by atoms with Gasteiger partial charge in [-0.25, -0.2) is 0 Å². The van der Waals surface area contributed by atoms with Crippen LogP contribution in [0.5, 0.6) is 0 Å². The molecule has 1 aliphatic rings. The van der Waals surface area contributed by atoms with E-state index in [1.807, 2.05) is 13.8 Å². The van der Waals surface area contributed by atoms with Crippen LogP contribution in [0, 0.1) is 17.3 Å². The SMILES string of the molecule is CCOC(=O)C(CC)C1(O)CCCCC1C(C)(C)C. The molecule has 112 valence electrons. The predicted molar refractivity (Wildman–Crippen MR) is 76.8 cm³/mol. The van der Waals surface area contributed by atoms with Crippen LogP contribution >= 0.6 is 0 Å². The predicted octanol–water partition coefficient (Wildman–Crippen LogP) is 3.54. The molecular weight excluding hydrogens is 240 g/mol. The standard InChI is InChI=1S/C16H30O3/c1-6-12(14(17)19-7-2)16(18)11-9-8-10-13(16)15(3,4)5/h12-13,18H,6-11H2,1-5H3. The van der Waals surface area contributed by atoms with Crippen molar-refractivity contribution in [3.63, 3.8) is 0 Å². The number of carbonyl (C=O) groups excluding carboxylic acids is 1. The van der Waals surface area contributed by atoms with Crippen LogP contribution in [-0.4, -0.2) is 23.3 Å². The minimum absolute atomic E-state index is 0.00901. The van der Waals surface area contributed by atoms with E-state index in [-0.39, 0.29) is 17.3 Å². The van der Waals surface area contributed by atoms with Crippen molar-refractivity contribution < 1.29 is 14.6 Å². The third-order valence-electron chi connectivity index (χ3n) is 4.55. The molecule has 3 heteroatoms. The van der Waals surface area contributed by atoms with E-state index in [2.05, 4.69) is 20.8 Å². The maximum absolute atomic E-state index is 12.2. The molecular formula is C16H30O3. The smallest absolute Gasteiger partial charge is 0.311 e. The van der Waals surface area contributed by atoms with Gasteiger partial charge < -0.3 is 9.84 Å². The zero-order valence-electron chi connectivity index (χ0n) is 13.2. The Morgan fingerprint density at radius 1 is 1.37 bits per heavy atom. The van der Waals surface area contributed by atoms with Crippen LogP contribution in [0.4, 0.5) is 0 Å². The average molecular weight is 270 g/mol. The number of hydrogen-bond donors (Lipinski definition) is 1. The van der Waals surface area contributed by atoms with Crippen LogP contribution in [0.2, 0.25) is 0 Å². The molecule has 0 aliphatic heterocycles. The zero-order chi connectivity index (χ0) is 14.7. The van der Waals surface area contributed by atoms with Crippen molar-refractivity contribution in [3.05, 3.63) is 0 Å². The van der Waals surface area contributed by atoms with Crippen molar-refractivity contribution in [3.8, 4) is 0 Å². The van der Waals surface area contributed by atoms with Crippen LogP contribution in [-0.2, 0) is 9.53 Å². The first-order valence-electron chi connectivity index (χ1n) is 7.66. The Bertz CT molecular complexity index is 306. The summed E-state index contributed by atoms with van der Waals surface area (Å²) in [6, 6.07) is 0. The normalized spacial score (nSPS) is 29.9. The lowest BCUT2D eigenvalue weighted by atomic mass is 9.59. The number of esters is 1. The Morgan fingerprint density at radius 3 is 2.47 bits per heavy atom. The van der Waals surface area contributed by atoms with Crippen molar-refractivity contribution in [2.45, 2.75) is 72.3 Å². The maximum Gasteiger partial charge on any atom is 0.311 e. The van der Waals surface area contributed by atoms with E-state index < -0.39 is 11.5 Å². The highest BCUT2D eigenvalue weighted by atomic mass is 16.5. The molecule has 0 saturated heterocycles. The molecule has 0 aromatic heterocycles. The maximum atomic E-state index is 12.2. The molecule has 3 unspecified atom stereocenters. The quantitative estimate of drug-likeness (QED) is 0.795. The third-order valence-corrected chi connectivity index (χ3v) is 4.55. The van der Waals surface area contributed by atoms with Crippen LogP contribution in [0.25, 0.3) is 0 Å². The highest BCUT2D eigenvalue weighted by Crippen LogP contribution is 2.48. The highest BCUT2D eigenvalue weighted by molar-refractivity contribution is 5.74. The van der Waals surface area contributed by atoms with Crippen LogP contribution < -0.4 is 0 Å². The molecule has 0 spiro atoms. The van der Waals surface area contributed by atoms with Crippen molar-refractivity contribution in [1.82, 2.24) is 0 Å². The number of ether oxygens (including phenoxy) is 1. The summed E-state index contributed by atoms with van der Waals surface area (Å²) < 4.78 is 5.18. The van der Waals surface area contributed by atoms with Gasteiger partial charge in [0, 0.05) is 0 Å². The van der Waals surface area contributed by atoms with Gasteiger partial charge in [-0.1, -0.05) is 40.5 Å². The van der Waals surface area contributed by atoms with E-state index in [9.17, 15) is 9.90 Å². The summed E-state index contributed by atoms with van der Waals surface area (Å²) in [5, 5.41) is 11.2. The third kappa shape index (κ3) is 3.50. The molecule has 1 N–H and O–H groups in total. The Balaban J connectivity index is 3.04. The van der Waals surface area contributed by atoms with Crippen molar-refractivity contribution in [2.75, 3.05) is 6.61 Å². The average Bonchev–Trinajstić information content (AvgIpc) is 2.28. The lowest BCUT2D eigenvalue weighted by Gasteiger charge is -2.49. The number of rotatable bonds is 4. The van der Waals surface area contributed by atoms with Crippen LogP contribution in [0.1, 0.15) is 66.7 Å². The molecule has 1 rings (SSSR count). The van der Waals surface area contributed by atoms with Gasteiger partial charge in [-0.05, 0) is 37.5 Å². The summed E-state index contributed by atoms with van der Waals surface area (Å²) in [7, 11) is 0. The summed E-state index contributed by atoms with van der Waals surface area (Å²) in [6.07, 6.45) is 4.49. The van der Waals surface area contributed by atoms with Gasteiger partial charge in [0.15, 0.2) is 0 Å². The molecule has 0 amide bonds. The Labute approximate surface area is 117 Å². The topological polar surface area (TPSA) is 46.5 Å². The molecule has 0 aromatic rings. The summed E-state index contributed by atoms with van der Waals surface area (Å²) in [5.74, 6) is -0.469. The van der Waals surface area contributed by atoms with Gasteiger partial charge in [-0.2, -0.15) is 0 Å². The molecule has 0 bridgehead atoms. The van der Waals surface area contributed by atoms with E-state index in [1.54, 1.807) is 0 Å². The molecule has 0 heterocycles. The Hall–Kier alpha value is -0.570. The van der Waals surface area contributed by atoms with E-state index in [0.29, 0.717) is 19.4 Å². The van der Waals surface area contributed by atoms with Gasteiger partial charge >= 0.3 is 5.97 Å². The molecule has 1 fully saturated rings. The molecule has 19 heavy (non-hydrogen) atoms. The molecule has 0 radical (unpaired) electrons. The van der Waals surface area contributed by atoms with Gasteiger partial charge in [0.1, 0.15) is 0 Å². The summed E-state index contributed by atoms with van der Waals surface area (Å²) in [5.41, 5.74) is -0.896. The minimum atomic E-state index is -0.905. The molecule has 3 atom stereocenters. The van der Waals surface area contributed by atoms with Crippen molar-refractivity contribution in [2.24, 2.45) is 17.3 Å². The first-order valence-corrected chi connectivity index (χ1v) is 7.66. The van der Waals surface area contributed by atoms with Gasteiger partial charge in [0.05, 0.1) is 18.1 Å². The summed E-state index contributed by atoms with van der Waals surface area (Å²) >= 11 is 0. The number of carbonyl (C=O) groups is 1. The van der Waals surface area contributed by atoms with E-state index in [4.69, 9.17) is 4.74 Å². The zero-order valence-corrected chi connectivity index (χ0v) is 13.2. The largest absolute Gasteiger partial charge is 0.466 e. The van der Waals surface area contributed by atoms with E-state index in [0.717, 1.165) is 19.3 Å². The van der Waals surface area contributed by atoms with Gasteiger partial charge in [-0.3, -0.25) is 4.79 Å². The first kappa shape index (κ1) is 16.5. The molecule has 1 saturated carbocycles. The Morgan fingerprint density at radius 2 is 2.00 bits per heavy atom. The number of aliphatic hydroxyl groups is 1. The van der Waals surface area contributed by atoms with E-state index in [1.165, 1.54) is 0 Å². The lowest BCUT2D eigenvalue weighted by molar-refractivity contribution is -0.175. The fraction of sp³-hybridized carbons (Fsp3) is 0.938. The second-order valence-corrected chi connectivity index (χ2v) is 6.87. The lowest BCUT2D eigenvalue weighted by Crippen LogP contribution is -2.54. The second kappa shape index (κ2) is 6.25. The van der Waals surface area contributed by atoms with Crippen molar-refractivity contribution >= 4 is 5.97 Å². The van der Waals surface area contributed by atoms with Crippen LogP contribution in [0.15, 0.2) is 0 Å². The van der Waals surface area contributed by atoms with Gasteiger partial charge in [0.2, 0.25) is 0 Å². The summed E-state index contributed by atoms with van der Waals surface area (Å²) in [4.78, 5) is 12.2. The molecule has 3 nitrogen and oxygen atoms in total. The highest BCUT2D eigenvalue weighted by Gasteiger charge is 2.51. The summed E-state index contributed by atoms with van der Waals surface area (Å²) in [6.45, 7) is 10.6. The van der Waals surface area contributed by atoms with E-state index >= 15 is 0 Å². The number of hydrogen-bond acceptors (Lipinski definition) is 3. The first-order chi connectivity index (χ1) is 8.77. The minimum Gasteiger partial charge on any atom is -0.466 e. The van der Waals surface area contributed by atoms with Crippen LogP contribution in [0.3, 0.4) is 0 Å².